The molecule has 0 aromatic carbocycles. The fourth-order valence-electron chi connectivity index (χ4n) is 3.15. The summed E-state index contributed by atoms with van der Waals surface area (Å²) in [5.41, 5.74) is 5.27. The van der Waals surface area contributed by atoms with Crippen molar-refractivity contribution in [2.45, 2.75) is 39.5 Å². The van der Waals surface area contributed by atoms with Crippen LogP contribution in [0, 0.1) is 0 Å². The molecule has 3 aromatic heterocycles. The van der Waals surface area contributed by atoms with Gasteiger partial charge in [-0.25, -0.2) is 4.98 Å². The molecule has 0 spiro atoms. The highest BCUT2D eigenvalue weighted by atomic mass is 15.2. The molecule has 0 amide bonds. The Labute approximate surface area is 132 Å². The molecule has 0 radical (unpaired) electrons. The number of aryl methyl sites for hydroxylation is 2. The number of hydrogen-bond acceptors (Lipinski definition) is 1. The summed E-state index contributed by atoms with van der Waals surface area (Å²) in [5.74, 6) is 2.01. The molecule has 116 valence electrons. The van der Waals surface area contributed by atoms with Crippen molar-refractivity contribution in [3.8, 4) is 11.4 Å². The monoisotopic (exact) mass is 297 g/mol. The van der Waals surface area contributed by atoms with Crippen molar-refractivity contribution in [3.05, 3.63) is 42.0 Å². The summed E-state index contributed by atoms with van der Waals surface area (Å²) in [6, 6.07) is 2.34. The van der Waals surface area contributed by atoms with E-state index in [0.29, 0.717) is 11.8 Å². The Balaban J connectivity index is 2.24. The number of hydrogen-bond donors (Lipinski definition) is 0. The molecule has 0 atom stereocenters. The van der Waals surface area contributed by atoms with Crippen LogP contribution in [-0.4, -0.2) is 14.0 Å². The van der Waals surface area contributed by atoms with Crippen molar-refractivity contribution < 1.29 is 4.57 Å². The maximum absolute atomic E-state index is 4.41. The van der Waals surface area contributed by atoms with E-state index in [1.165, 1.54) is 22.5 Å². The number of nitrogens with zero attached hydrogens (tertiary/aromatic N) is 4. The average molecular weight is 297 g/mol. The van der Waals surface area contributed by atoms with E-state index in [-0.39, 0.29) is 0 Å². The zero-order chi connectivity index (χ0) is 16.0. The van der Waals surface area contributed by atoms with Crippen LogP contribution in [0.15, 0.2) is 30.9 Å². The van der Waals surface area contributed by atoms with E-state index in [0.717, 1.165) is 5.78 Å². The van der Waals surface area contributed by atoms with Crippen LogP contribution in [0.5, 0.6) is 0 Å². The lowest BCUT2D eigenvalue weighted by Crippen LogP contribution is -2.33. The van der Waals surface area contributed by atoms with E-state index < -0.39 is 0 Å². The minimum atomic E-state index is 0.515. The van der Waals surface area contributed by atoms with Crippen molar-refractivity contribution in [1.82, 2.24) is 14.0 Å². The lowest BCUT2D eigenvalue weighted by Gasteiger charge is -2.15. The SMILES string of the molecule is CC(C)c1cc(-c2cn3ccnc3n2C)[n+](C)cc1C(C)C. The minimum Gasteiger partial charge on any atom is -0.308 e. The normalized spacial score (nSPS) is 12.0. The van der Waals surface area contributed by atoms with Crippen molar-refractivity contribution in [2.75, 3.05) is 0 Å². The van der Waals surface area contributed by atoms with Gasteiger partial charge in [-0.05, 0) is 17.4 Å². The maximum Gasteiger partial charge on any atom is 0.230 e. The van der Waals surface area contributed by atoms with Gasteiger partial charge in [0.25, 0.3) is 0 Å². The molecule has 3 heterocycles. The smallest absolute Gasteiger partial charge is 0.230 e. The van der Waals surface area contributed by atoms with Crippen LogP contribution < -0.4 is 4.57 Å². The van der Waals surface area contributed by atoms with Crippen LogP contribution in [-0.2, 0) is 14.1 Å². The standard InChI is InChI=1S/C18H25N4/c1-12(2)14-9-16(20(5)10-15(14)13(3)4)17-11-22-8-7-19-18(22)21(17)6/h7-13H,1-6H3/q+1. The number of aromatic nitrogens is 4. The van der Waals surface area contributed by atoms with Gasteiger partial charge in [-0.15, -0.1) is 0 Å². The molecule has 3 aromatic rings. The second-order valence-corrected chi connectivity index (χ2v) is 6.70. The van der Waals surface area contributed by atoms with Gasteiger partial charge in [0.1, 0.15) is 12.7 Å². The van der Waals surface area contributed by atoms with Crippen LogP contribution in [0.25, 0.3) is 17.2 Å². The molecule has 3 rings (SSSR count). The van der Waals surface area contributed by atoms with Gasteiger partial charge in [-0.2, -0.15) is 4.57 Å². The van der Waals surface area contributed by atoms with E-state index in [4.69, 9.17) is 0 Å². The van der Waals surface area contributed by atoms with Gasteiger partial charge < -0.3 is 4.57 Å². The third kappa shape index (κ3) is 2.23. The summed E-state index contributed by atoms with van der Waals surface area (Å²) < 4.78 is 6.45. The highest BCUT2D eigenvalue weighted by Crippen LogP contribution is 2.28. The molecule has 0 aliphatic rings. The molecule has 4 nitrogen and oxygen atoms in total. The van der Waals surface area contributed by atoms with E-state index in [2.05, 4.69) is 78.8 Å². The van der Waals surface area contributed by atoms with Gasteiger partial charge in [-0.3, -0.25) is 4.40 Å². The number of imidazole rings is 2. The summed E-state index contributed by atoms with van der Waals surface area (Å²) in [4.78, 5) is 4.41. The molecule has 0 N–H and O–H groups in total. The average Bonchev–Trinajstić information content (AvgIpc) is 3.02. The molecule has 0 saturated carbocycles. The quantitative estimate of drug-likeness (QED) is 0.680. The van der Waals surface area contributed by atoms with Crippen LogP contribution in [0.4, 0.5) is 0 Å². The fraction of sp³-hybridized carbons (Fsp3) is 0.444. The molecule has 0 fully saturated rings. The molecule has 4 heteroatoms. The third-order valence-electron chi connectivity index (χ3n) is 4.42. The third-order valence-corrected chi connectivity index (χ3v) is 4.42. The highest BCUT2D eigenvalue weighted by molar-refractivity contribution is 5.57. The van der Waals surface area contributed by atoms with Gasteiger partial charge in [0.2, 0.25) is 11.5 Å². The van der Waals surface area contributed by atoms with E-state index >= 15 is 0 Å². The lowest BCUT2D eigenvalue weighted by atomic mass is 9.91. The Bertz CT molecular complexity index is 821. The van der Waals surface area contributed by atoms with Gasteiger partial charge >= 0.3 is 0 Å². The predicted octanol–water partition coefficient (Wildman–Crippen LogP) is 3.41. The first-order valence-corrected chi connectivity index (χ1v) is 7.92. The molecule has 0 unspecified atom stereocenters. The second kappa shape index (κ2) is 5.27. The summed E-state index contributed by atoms with van der Waals surface area (Å²) >= 11 is 0. The Morgan fingerprint density at radius 1 is 1.09 bits per heavy atom. The summed E-state index contributed by atoms with van der Waals surface area (Å²) in [5, 5.41) is 0. The fourth-order valence-corrected chi connectivity index (χ4v) is 3.15. The zero-order valence-corrected chi connectivity index (χ0v) is 14.3. The first-order chi connectivity index (χ1) is 10.4. The van der Waals surface area contributed by atoms with E-state index in [1.54, 1.807) is 0 Å². The molecular weight excluding hydrogens is 272 g/mol. The Morgan fingerprint density at radius 3 is 2.36 bits per heavy atom. The van der Waals surface area contributed by atoms with E-state index in [1.807, 2.05) is 12.4 Å². The summed E-state index contributed by atoms with van der Waals surface area (Å²) in [7, 11) is 4.20. The van der Waals surface area contributed by atoms with Crippen LogP contribution >= 0.6 is 0 Å². The topological polar surface area (TPSA) is 26.1 Å². The molecule has 0 saturated heterocycles. The first kappa shape index (κ1) is 14.8. The van der Waals surface area contributed by atoms with Crippen LogP contribution in [0.1, 0.15) is 50.7 Å². The van der Waals surface area contributed by atoms with Gasteiger partial charge in [0.15, 0.2) is 6.20 Å². The van der Waals surface area contributed by atoms with Crippen molar-refractivity contribution in [1.29, 1.82) is 0 Å². The number of fused-ring (bicyclic) bond motifs is 1. The highest BCUT2D eigenvalue weighted by Gasteiger charge is 2.22. The largest absolute Gasteiger partial charge is 0.308 e. The lowest BCUT2D eigenvalue weighted by molar-refractivity contribution is -0.661. The number of pyridine rings is 1. The molecule has 22 heavy (non-hydrogen) atoms. The van der Waals surface area contributed by atoms with Crippen LogP contribution in [0.2, 0.25) is 0 Å². The Kier molecular flexibility index (Phi) is 3.55. The first-order valence-electron chi connectivity index (χ1n) is 7.92. The van der Waals surface area contributed by atoms with Gasteiger partial charge in [0, 0.05) is 37.3 Å². The Hall–Kier alpha value is -2.10. The summed E-state index contributed by atoms with van der Waals surface area (Å²) in [6.45, 7) is 9.06. The summed E-state index contributed by atoms with van der Waals surface area (Å²) in [6.07, 6.45) is 8.26. The van der Waals surface area contributed by atoms with Crippen molar-refractivity contribution >= 4 is 5.78 Å². The predicted molar refractivity (Wildman–Crippen MR) is 89.0 cm³/mol. The van der Waals surface area contributed by atoms with Gasteiger partial charge in [-0.1, -0.05) is 27.7 Å². The van der Waals surface area contributed by atoms with E-state index in [9.17, 15) is 0 Å². The molecule has 0 bridgehead atoms. The van der Waals surface area contributed by atoms with Crippen molar-refractivity contribution in [2.24, 2.45) is 14.1 Å². The minimum absolute atomic E-state index is 0.515. The van der Waals surface area contributed by atoms with Gasteiger partial charge in [0.05, 0.1) is 0 Å². The van der Waals surface area contributed by atoms with Crippen molar-refractivity contribution in [3.63, 3.8) is 0 Å². The molecule has 0 aliphatic heterocycles. The maximum atomic E-state index is 4.41. The Morgan fingerprint density at radius 2 is 1.77 bits per heavy atom. The number of rotatable bonds is 3. The second-order valence-electron chi connectivity index (χ2n) is 6.70. The van der Waals surface area contributed by atoms with Crippen LogP contribution in [0.3, 0.4) is 0 Å². The molecule has 0 aliphatic carbocycles. The molecular formula is C18H25N4+. The zero-order valence-electron chi connectivity index (χ0n) is 14.3.